The zero-order valence-electron chi connectivity index (χ0n) is 11.2. The topological polar surface area (TPSA) is 44.4 Å². The molecule has 1 aromatic rings. The predicted octanol–water partition coefficient (Wildman–Crippen LogP) is 0.775. The molecule has 3 rings (SSSR count). The Morgan fingerprint density at radius 1 is 1.16 bits per heavy atom. The Morgan fingerprint density at radius 2 is 1.95 bits per heavy atom. The monoisotopic (exact) mass is 259 g/mol. The van der Waals surface area contributed by atoms with Gasteiger partial charge in [-0.2, -0.15) is 0 Å². The Bertz CT molecular complexity index is 454. The summed E-state index contributed by atoms with van der Waals surface area (Å²) >= 11 is 0. The Kier molecular flexibility index (Phi) is 3.69. The van der Waals surface area contributed by atoms with Crippen molar-refractivity contribution in [2.75, 3.05) is 37.6 Å². The van der Waals surface area contributed by atoms with Gasteiger partial charge in [0.2, 0.25) is 5.91 Å². The summed E-state index contributed by atoms with van der Waals surface area (Å²) in [5.74, 6) is 0.374. The van der Waals surface area contributed by atoms with E-state index in [0.29, 0.717) is 0 Å². The summed E-state index contributed by atoms with van der Waals surface area (Å²) in [7, 11) is 0. The highest BCUT2D eigenvalue weighted by Crippen LogP contribution is 2.25. The van der Waals surface area contributed by atoms with Crippen molar-refractivity contribution in [1.29, 1.82) is 0 Å². The number of amides is 1. The van der Waals surface area contributed by atoms with E-state index in [1.54, 1.807) is 0 Å². The third-order valence-corrected chi connectivity index (χ3v) is 4.08. The Morgan fingerprint density at radius 3 is 2.68 bits per heavy atom. The molecule has 0 aromatic heterocycles. The van der Waals surface area contributed by atoms with Crippen LogP contribution in [0.5, 0.6) is 0 Å². The highest BCUT2D eigenvalue weighted by molar-refractivity contribution is 5.81. The van der Waals surface area contributed by atoms with Crippen molar-refractivity contribution in [3.05, 3.63) is 29.8 Å². The molecule has 0 radical (unpaired) electrons. The summed E-state index contributed by atoms with van der Waals surface area (Å²) in [6.07, 6.45) is 1.83. The molecule has 2 heterocycles. The standard InChI is InChI=1S/C15H21N3O/c19-15-13(5-6-17-15)11-12-3-1-2-4-14(12)18-9-7-16-8-10-18/h1-4,13,16H,5-11H2,(H,17,19). The number of hydrogen-bond acceptors (Lipinski definition) is 3. The number of carbonyl (C=O) groups is 1. The molecule has 1 aromatic carbocycles. The van der Waals surface area contributed by atoms with Gasteiger partial charge in [-0.15, -0.1) is 0 Å². The molecule has 4 heteroatoms. The summed E-state index contributed by atoms with van der Waals surface area (Å²) in [4.78, 5) is 14.2. The summed E-state index contributed by atoms with van der Waals surface area (Å²) < 4.78 is 0. The molecule has 0 saturated carbocycles. The summed E-state index contributed by atoms with van der Waals surface area (Å²) in [6, 6.07) is 8.53. The quantitative estimate of drug-likeness (QED) is 0.843. The minimum Gasteiger partial charge on any atom is -0.369 e. The van der Waals surface area contributed by atoms with Crippen molar-refractivity contribution in [3.8, 4) is 0 Å². The Labute approximate surface area is 114 Å². The minimum atomic E-state index is 0.157. The number of hydrogen-bond donors (Lipinski definition) is 2. The van der Waals surface area contributed by atoms with Gasteiger partial charge in [0.1, 0.15) is 0 Å². The summed E-state index contributed by atoms with van der Waals surface area (Å²) in [5, 5.41) is 6.30. The van der Waals surface area contributed by atoms with Crippen LogP contribution in [0.3, 0.4) is 0 Å². The molecular weight excluding hydrogens is 238 g/mol. The average Bonchev–Trinajstić information content (AvgIpc) is 2.86. The molecule has 0 spiro atoms. The highest BCUT2D eigenvalue weighted by atomic mass is 16.2. The zero-order chi connectivity index (χ0) is 13.1. The maximum atomic E-state index is 11.7. The van der Waals surface area contributed by atoms with Crippen molar-refractivity contribution in [3.63, 3.8) is 0 Å². The van der Waals surface area contributed by atoms with Crippen LogP contribution < -0.4 is 15.5 Å². The van der Waals surface area contributed by atoms with E-state index in [9.17, 15) is 4.79 Å². The molecule has 0 bridgehead atoms. The van der Waals surface area contributed by atoms with Crippen LogP contribution in [0.4, 0.5) is 5.69 Å². The van der Waals surface area contributed by atoms with Crippen LogP contribution in [0.1, 0.15) is 12.0 Å². The van der Waals surface area contributed by atoms with Crippen molar-refractivity contribution < 1.29 is 4.79 Å². The Balaban J connectivity index is 1.78. The minimum absolute atomic E-state index is 0.157. The third-order valence-electron chi connectivity index (χ3n) is 4.08. The maximum absolute atomic E-state index is 11.7. The van der Waals surface area contributed by atoms with Gasteiger partial charge in [-0.05, 0) is 24.5 Å². The van der Waals surface area contributed by atoms with Crippen molar-refractivity contribution in [1.82, 2.24) is 10.6 Å². The number of piperazine rings is 1. The second-order valence-corrected chi connectivity index (χ2v) is 5.35. The smallest absolute Gasteiger partial charge is 0.223 e. The lowest BCUT2D eigenvalue weighted by molar-refractivity contribution is -0.122. The molecule has 19 heavy (non-hydrogen) atoms. The van der Waals surface area contributed by atoms with Crippen LogP contribution in [0.2, 0.25) is 0 Å². The van der Waals surface area contributed by atoms with E-state index in [0.717, 1.165) is 45.6 Å². The van der Waals surface area contributed by atoms with E-state index >= 15 is 0 Å². The van der Waals surface area contributed by atoms with Crippen LogP contribution >= 0.6 is 0 Å². The maximum Gasteiger partial charge on any atom is 0.223 e. The molecule has 2 saturated heterocycles. The van der Waals surface area contributed by atoms with Crippen molar-refractivity contribution in [2.24, 2.45) is 5.92 Å². The van der Waals surface area contributed by atoms with Gasteiger partial charge in [0.15, 0.2) is 0 Å². The van der Waals surface area contributed by atoms with E-state index in [1.807, 2.05) is 0 Å². The molecule has 1 unspecified atom stereocenters. The van der Waals surface area contributed by atoms with Gasteiger partial charge < -0.3 is 15.5 Å². The second-order valence-electron chi connectivity index (χ2n) is 5.35. The van der Waals surface area contributed by atoms with Gasteiger partial charge in [0.25, 0.3) is 0 Å². The van der Waals surface area contributed by atoms with Crippen LogP contribution in [0.15, 0.2) is 24.3 Å². The molecular formula is C15H21N3O. The van der Waals surface area contributed by atoms with Crippen LogP contribution in [-0.4, -0.2) is 38.6 Å². The van der Waals surface area contributed by atoms with Gasteiger partial charge in [0, 0.05) is 44.3 Å². The fourth-order valence-corrected chi connectivity index (χ4v) is 3.00. The molecule has 2 fully saturated rings. The fraction of sp³-hybridized carbons (Fsp3) is 0.533. The first-order valence-electron chi connectivity index (χ1n) is 7.16. The molecule has 2 aliphatic rings. The molecule has 4 nitrogen and oxygen atoms in total. The van der Waals surface area contributed by atoms with E-state index < -0.39 is 0 Å². The number of para-hydroxylation sites is 1. The highest BCUT2D eigenvalue weighted by Gasteiger charge is 2.25. The molecule has 2 aliphatic heterocycles. The second kappa shape index (κ2) is 5.61. The largest absolute Gasteiger partial charge is 0.369 e. The predicted molar refractivity (Wildman–Crippen MR) is 76.3 cm³/mol. The number of nitrogens with one attached hydrogen (secondary N) is 2. The van der Waals surface area contributed by atoms with E-state index in [1.165, 1.54) is 11.3 Å². The first-order valence-corrected chi connectivity index (χ1v) is 7.16. The summed E-state index contributed by atoms with van der Waals surface area (Å²) in [6.45, 7) is 5.01. The molecule has 1 atom stereocenters. The number of carbonyl (C=O) groups excluding carboxylic acids is 1. The van der Waals surface area contributed by atoms with E-state index in [-0.39, 0.29) is 11.8 Å². The van der Waals surface area contributed by atoms with Gasteiger partial charge >= 0.3 is 0 Å². The lowest BCUT2D eigenvalue weighted by Gasteiger charge is -2.31. The van der Waals surface area contributed by atoms with Crippen molar-refractivity contribution >= 4 is 11.6 Å². The third kappa shape index (κ3) is 2.73. The number of nitrogens with zero attached hydrogens (tertiary/aromatic N) is 1. The van der Waals surface area contributed by atoms with Crippen molar-refractivity contribution in [2.45, 2.75) is 12.8 Å². The summed E-state index contributed by atoms with van der Waals surface area (Å²) in [5.41, 5.74) is 2.62. The van der Waals surface area contributed by atoms with Gasteiger partial charge in [-0.1, -0.05) is 18.2 Å². The Hall–Kier alpha value is -1.55. The molecule has 0 aliphatic carbocycles. The van der Waals surface area contributed by atoms with Crippen LogP contribution in [0.25, 0.3) is 0 Å². The van der Waals surface area contributed by atoms with Gasteiger partial charge in [0.05, 0.1) is 0 Å². The zero-order valence-corrected chi connectivity index (χ0v) is 11.2. The van der Waals surface area contributed by atoms with Gasteiger partial charge in [-0.25, -0.2) is 0 Å². The molecule has 1 amide bonds. The first-order chi connectivity index (χ1) is 9.34. The molecule has 102 valence electrons. The van der Waals surface area contributed by atoms with Crippen LogP contribution in [0, 0.1) is 5.92 Å². The fourth-order valence-electron chi connectivity index (χ4n) is 3.00. The first kappa shape index (κ1) is 12.5. The lowest BCUT2D eigenvalue weighted by atomic mass is 9.96. The van der Waals surface area contributed by atoms with E-state index in [2.05, 4.69) is 39.8 Å². The normalized spacial score (nSPS) is 23.5. The van der Waals surface area contributed by atoms with Gasteiger partial charge in [-0.3, -0.25) is 4.79 Å². The SMILES string of the molecule is O=C1NCCC1Cc1ccccc1N1CCNCC1. The van der Waals surface area contributed by atoms with E-state index in [4.69, 9.17) is 0 Å². The van der Waals surface area contributed by atoms with Crippen LogP contribution in [-0.2, 0) is 11.2 Å². The molecule has 2 N–H and O–H groups in total. The number of benzene rings is 1. The lowest BCUT2D eigenvalue weighted by Crippen LogP contribution is -2.44. The number of rotatable bonds is 3. The average molecular weight is 259 g/mol. The number of anilines is 1.